The van der Waals surface area contributed by atoms with E-state index in [0.29, 0.717) is 12.2 Å². The van der Waals surface area contributed by atoms with Crippen molar-refractivity contribution in [3.63, 3.8) is 0 Å². The van der Waals surface area contributed by atoms with Crippen molar-refractivity contribution in [2.24, 2.45) is 7.05 Å². The third-order valence-electron chi connectivity index (χ3n) is 2.82. The fourth-order valence-electron chi connectivity index (χ4n) is 1.74. The van der Waals surface area contributed by atoms with E-state index in [1.807, 2.05) is 6.07 Å². The maximum atomic E-state index is 11.0. The molecule has 0 spiro atoms. The summed E-state index contributed by atoms with van der Waals surface area (Å²) in [5.41, 5.74) is 0.628. The quantitative estimate of drug-likeness (QED) is 0.634. The minimum absolute atomic E-state index is 0.343. The number of hydrogen-bond donors (Lipinski definition) is 2. The Morgan fingerprint density at radius 1 is 1.50 bits per heavy atom. The number of anilines is 1. The number of rotatable bonds is 5. The lowest BCUT2D eigenvalue weighted by atomic mass is 10.1. The molecule has 0 saturated heterocycles. The van der Waals surface area contributed by atoms with E-state index >= 15 is 0 Å². The Labute approximate surface area is 113 Å². The number of carboxylic acids is 1. The average Bonchev–Trinajstić information content (AvgIpc) is 2.81. The predicted octanol–water partition coefficient (Wildman–Crippen LogP) is 1.64. The molecule has 2 rings (SSSR count). The van der Waals surface area contributed by atoms with Crippen molar-refractivity contribution in [3.8, 4) is 0 Å². The highest BCUT2D eigenvalue weighted by atomic mass is 16.6. The molecule has 20 heavy (non-hydrogen) atoms. The summed E-state index contributed by atoms with van der Waals surface area (Å²) in [4.78, 5) is 21.0. The largest absolute Gasteiger partial charge is 0.477 e. The number of nitrogens with one attached hydrogen (secondary N) is 1. The van der Waals surface area contributed by atoms with Gasteiger partial charge in [0.05, 0.1) is 17.2 Å². The van der Waals surface area contributed by atoms with E-state index in [-0.39, 0.29) is 5.56 Å². The number of aromatic carboxylic acids is 1. The topological polar surface area (TPSA) is 110 Å². The molecule has 0 aliphatic rings. The molecule has 2 N–H and O–H groups in total. The maximum absolute atomic E-state index is 11.0. The third kappa shape index (κ3) is 2.74. The second-order valence-corrected chi connectivity index (χ2v) is 4.09. The van der Waals surface area contributed by atoms with Gasteiger partial charge in [-0.3, -0.25) is 14.8 Å². The van der Waals surface area contributed by atoms with Crippen molar-refractivity contribution in [3.05, 3.63) is 51.8 Å². The van der Waals surface area contributed by atoms with Gasteiger partial charge >= 0.3 is 5.97 Å². The summed E-state index contributed by atoms with van der Waals surface area (Å²) in [6.07, 6.45) is 1.65. The molecular weight excluding hydrogens is 264 g/mol. The molecule has 0 fully saturated rings. The minimum Gasteiger partial charge on any atom is -0.477 e. The highest BCUT2D eigenvalue weighted by molar-refractivity contribution is 5.93. The van der Waals surface area contributed by atoms with Gasteiger partial charge in [0, 0.05) is 25.0 Å². The average molecular weight is 276 g/mol. The van der Waals surface area contributed by atoms with Gasteiger partial charge < -0.3 is 10.4 Å². The zero-order valence-corrected chi connectivity index (χ0v) is 10.6. The Bertz CT molecular complexity index is 665. The van der Waals surface area contributed by atoms with E-state index in [2.05, 4.69) is 10.4 Å². The van der Waals surface area contributed by atoms with Gasteiger partial charge in [0.1, 0.15) is 5.56 Å². The SMILES string of the molecule is Cn1nccc1CNc1ccc([N+](=O)[O-])c(C(=O)O)c1. The molecule has 104 valence electrons. The number of carbonyl (C=O) groups is 1. The number of nitro groups is 1. The fraction of sp³-hybridized carbons (Fsp3) is 0.167. The second kappa shape index (κ2) is 5.39. The molecule has 1 heterocycles. The number of nitro benzene ring substituents is 1. The van der Waals surface area contributed by atoms with Gasteiger partial charge in [0.15, 0.2) is 0 Å². The van der Waals surface area contributed by atoms with Crippen molar-refractivity contribution in [2.45, 2.75) is 6.54 Å². The molecule has 0 radical (unpaired) electrons. The van der Waals surface area contributed by atoms with E-state index in [0.717, 1.165) is 5.69 Å². The Balaban J connectivity index is 2.21. The summed E-state index contributed by atoms with van der Waals surface area (Å²) < 4.78 is 1.68. The first-order valence-electron chi connectivity index (χ1n) is 5.71. The van der Waals surface area contributed by atoms with Gasteiger partial charge in [-0.15, -0.1) is 0 Å². The predicted molar refractivity (Wildman–Crippen MR) is 70.6 cm³/mol. The van der Waals surface area contributed by atoms with Crippen molar-refractivity contribution < 1.29 is 14.8 Å². The highest BCUT2D eigenvalue weighted by Gasteiger charge is 2.19. The number of aromatic nitrogens is 2. The molecule has 0 unspecified atom stereocenters. The summed E-state index contributed by atoms with van der Waals surface area (Å²) in [6.45, 7) is 0.438. The molecule has 0 saturated carbocycles. The third-order valence-corrected chi connectivity index (χ3v) is 2.82. The van der Waals surface area contributed by atoms with Crippen LogP contribution in [0, 0.1) is 10.1 Å². The fourth-order valence-corrected chi connectivity index (χ4v) is 1.74. The van der Waals surface area contributed by atoms with Gasteiger partial charge in [-0.1, -0.05) is 0 Å². The Morgan fingerprint density at radius 3 is 2.80 bits per heavy atom. The van der Waals surface area contributed by atoms with Crippen molar-refractivity contribution in [1.29, 1.82) is 0 Å². The molecule has 8 nitrogen and oxygen atoms in total. The van der Waals surface area contributed by atoms with Crippen LogP contribution in [0.25, 0.3) is 0 Å². The van der Waals surface area contributed by atoms with Gasteiger partial charge in [-0.25, -0.2) is 4.79 Å². The maximum Gasteiger partial charge on any atom is 0.342 e. The van der Waals surface area contributed by atoms with Crippen molar-refractivity contribution >= 4 is 17.3 Å². The summed E-state index contributed by atoms with van der Waals surface area (Å²) in [6, 6.07) is 5.71. The molecule has 0 bridgehead atoms. The van der Waals surface area contributed by atoms with E-state index in [9.17, 15) is 14.9 Å². The lowest BCUT2D eigenvalue weighted by Gasteiger charge is -2.07. The van der Waals surface area contributed by atoms with Crippen LogP contribution in [0.15, 0.2) is 30.5 Å². The van der Waals surface area contributed by atoms with Crippen LogP contribution in [-0.2, 0) is 13.6 Å². The summed E-state index contributed by atoms with van der Waals surface area (Å²) >= 11 is 0. The molecule has 1 aromatic heterocycles. The first-order valence-corrected chi connectivity index (χ1v) is 5.71. The first kappa shape index (κ1) is 13.5. The normalized spacial score (nSPS) is 10.2. The number of hydrogen-bond acceptors (Lipinski definition) is 5. The Morgan fingerprint density at radius 2 is 2.25 bits per heavy atom. The van der Waals surface area contributed by atoms with E-state index in [1.165, 1.54) is 18.2 Å². The van der Waals surface area contributed by atoms with Crippen molar-refractivity contribution in [2.75, 3.05) is 5.32 Å². The lowest BCUT2D eigenvalue weighted by molar-refractivity contribution is -0.385. The van der Waals surface area contributed by atoms with Gasteiger partial charge in [0.2, 0.25) is 0 Å². The molecule has 0 amide bonds. The number of aryl methyl sites for hydroxylation is 1. The second-order valence-electron chi connectivity index (χ2n) is 4.09. The van der Waals surface area contributed by atoms with Crippen LogP contribution in [0.3, 0.4) is 0 Å². The van der Waals surface area contributed by atoms with Gasteiger partial charge in [0.25, 0.3) is 5.69 Å². The summed E-state index contributed by atoms with van der Waals surface area (Å²) in [5, 5.41) is 26.7. The first-order chi connectivity index (χ1) is 9.49. The molecular formula is C12H12N4O4. The highest BCUT2D eigenvalue weighted by Crippen LogP contribution is 2.23. The standard InChI is InChI=1S/C12H12N4O4/c1-15-9(4-5-14-15)7-13-8-2-3-11(16(19)20)10(6-8)12(17)18/h2-6,13H,7H2,1H3,(H,17,18). The molecule has 0 atom stereocenters. The molecule has 2 aromatic rings. The monoisotopic (exact) mass is 276 g/mol. The number of carboxylic acid groups (broad SMARTS) is 1. The lowest BCUT2D eigenvalue weighted by Crippen LogP contribution is -2.07. The van der Waals surface area contributed by atoms with Crippen LogP contribution in [0.4, 0.5) is 11.4 Å². The smallest absolute Gasteiger partial charge is 0.342 e. The Hall–Kier alpha value is -2.90. The van der Waals surface area contributed by atoms with Crippen molar-refractivity contribution in [1.82, 2.24) is 9.78 Å². The molecule has 0 aliphatic heterocycles. The van der Waals surface area contributed by atoms with Crippen LogP contribution < -0.4 is 5.32 Å². The molecule has 0 aliphatic carbocycles. The summed E-state index contributed by atoms with van der Waals surface area (Å²) in [7, 11) is 1.79. The van der Waals surface area contributed by atoms with Gasteiger partial charge in [-0.05, 0) is 18.2 Å². The molecule has 8 heteroatoms. The number of nitrogens with zero attached hydrogens (tertiary/aromatic N) is 3. The van der Waals surface area contributed by atoms with E-state index in [1.54, 1.807) is 17.9 Å². The minimum atomic E-state index is -1.33. The summed E-state index contributed by atoms with van der Waals surface area (Å²) in [5.74, 6) is -1.33. The van der Waals surface area contributed by atoms with Crippen LogP contribution in [0.1, 0.15) is 16.1 Å². The molecule has 1 aromatic carbocycles. The van der Waals surface area contributed by atoms with Gasteiger partial charge in [-0.2, -0.15) is 5.10 Å². The van der Waals surface area contributed by atoms with Crippen LogP contribution in [0.2, 0.25) is 0 Å². The van der Waals surface area contributed by atoms with Crippen LogP contribution in [-0.4, -0.2) is 25.8 Å². The van der Waals surface area contributed by atoms with Crippen LogP contribution >= 0.6 is 0 Å². The Kier molecular flexibility index (Phi) is 3.65. The number of benzene rings is 1. The van der Waals surface area contributed by atoms with Crippen LogP contribution in [0.5, 0.6) is 0 Å². The zero-order valence-electron chi connectivity index (χ0n) is 10.6. The van der Waals surface area contributed by atoms with E-state index < -0.39 is 16.6 Å². The zero-order chi connectivity index (χ0) is 14.7. The van der Waals surface area contributed by atoms with E-state index in [4.69, 9.17) is 5.11 Å².